The molecule has 0 fully saturated rings. The first-order valence-electron chi connectivity index (χ1n) is 14.7. The zero-order valence-corrected chi connectivity index (χ0v) is 27.6. The fourth-order valence-electron chi connectivity index (χ4n) is 4.77. The molecule has 0 saturated heterocycles. The number of nitrogens with one attached hydrogen (secondary N) is 1. The number of benzene rings is 3. The van der Waals surface area contributed by atoms with Gasteiger partial charge in [0.1, 0.15) is 11.8 Å². The molecular weight excluding hydrogens is 630 g/mol. The molecule has 0 aromatic heterocycles. The van der Waals surface area contributed by atoms with E-state index in [2.05, 4.69) is 28.2 Å². The summed E-state index contributed by atoms with van der Waals surface area (Å²) < 4.78 is 33.5. The normalized spacial score (nSPS) is 11.9. The van der Waals surface area contributed by atoms with Gasteiger partial charge in [0.2, 0.25) is 21.8 Å². The zero-order valence-electron chi connectivity index (χ0n) is 25.2. The second-order valence-electron chi connectivity index (χ2n) is 10.3. The lowest BCUT2D eigenvalue weighted by molar-refractivity contribution is -0.141. The summed E-state index contributed by atoms with van der Waals surface area (Å²) in [5.41, 5.74) is 2.27. The average molecular weight is 673 g/mol. The molecule has 3 aromatic carbocycles. The number of hydrogen-bond donors (Lipinski definition) is 1. The van der Waals surface area contributed by atoms with E-state index in [1.807, 2.05) is 61.5 Å². The van der Waals surface area contributed by atoms with Gasteiger partial charge in [0, 0.05) is 36.9 Å². The minimum absolute atomic E-state index is 0.0624. The van der Waals surface area contributed by atoms with Crippen LogP contribution in [0.4, 0.5) is 5.69 Å². The van der Waals surface area contributed by atoms with E-state index in [0.717, 1.165) is 34.7 Å². The van der Waals surface area contributed by atoms with Gasteiger partial charge in [0.25, 0.3) is 0 Å². The molecule has 10 heteroatoms. The molecule has 3 rings (SSSR count). The summed E-state index contributed by atoms with van der Waals surface area (Å²) in [7, 11) is -3.65. The van der Waals surface area contributed by atoms with Crippen LogP contribution in [0.25, 0.3) is 0 Å². The van der Waals surface area contributed by atoms with E-state index in [4.69, 9.17) is 4.74 Å². The highest BCUT2D eigenvalue weighted by Gasteiger charge is 2.30. The van der Waals surface area contributed by atoms with Crippen molar-refractivity contribution in [3.63, 3.8) is 0 Å². The lowest BCUT2D eigenvalue weighted by Gasteiger charge is -2.32. The van der Waals surface area contributed by atoms with E-state index < -0.39 is 16.1 Å². The first-order chi connectivity index (χ1) is 20.6. The SMILES string of the molecule is CCCCNC(=O)[C@@H](Cc1ccccc1)N(Cc1ccc(Br)cc1)C(=O)CCCN(c1ccccc1OCC)S(C)(=O)=O. The van der Waals surface area contributed by atoms with Gasteiger partial charge in [-0.15, -0.1) is 0 Å². The lowest BCUT2D eigenvalue weighted by atomic mass is 10.0. The largest absolute Gasteiger partial charge is 0.492 e. The fraction of sp³-hybridized carbons (Fsp3) is 0.394. The molecule has 2 amide bonds. The summed E-state index contributed by atoms with van der Waals surface area (Å²) in [4.78, 5) is 29.2. The highest BCUT2D eigenvalue weighted by atomic mass is 79.9. The maximum atomic E-state index is 14.0. The Labute approximate surface area is 264 Å². The van der Waals surface area contributed by atoms with Gasteiger partial charge in [-0.1, -0.05) is 83.9 Å². The van der Waals surface area contributed by atoms with Crippen molar-refractivity contribution >= 4 is 43.5 Å². The Morgan fingerprint density at radius 3 is 2.23 bits per heavy atom. The van der Waals surface area contributed by atoms with Gasteiger partial charge < -0.3 is 15.0 Å². The molecule has 232 valence electrons. The van der Waals surface area contributed by atoms with Crippen LogP contribution < -0.4 is 14.4 Å². The molecule has 0 aliphatic heterocycles. The second kappa shape index (κ2) is 17.1. The Balaban J connectivity index is 1.88. The first-order valence-corrected chi connectivity index (χ1v) is 17.3. The molecule has 0 unspecified atom stereocenters. The number of para-hydroxylation sites is 2. The van der Waals surface area contributed by atoms with E-state index >= 15 is 0 Å². The van der Waals surface area contributed by atoms with Crippen molar-refractivity contribution < 1.29 is 22.7 Å². The van der Waals surface area contributed by atoms with Crippen molar-refractivity contribution in [2.24, 2.45) is 0 Å². The summed E-state index contributed by atoms with van der Waals surface area (Å²) in [6.45, 7) is 5.15. The molecule has 8 nitrogen and oxygen atoms in total. The molecule has 43 heavy (non-hydrogen) atoms. The highest BCUT2D eigenvalue weighted by molar-refractivity contribution is 9.10. The number of rotatable bonds is 17. The summed E-state index contributed by atoms with van der Waals surface area (Å²) in [5.74, 6) is 0.0393. The monoisotopic (exact) mass is 671 g/mol. The van der Waals surface area contributed by atoms with Crippen LogP contribution in [-0.2, 0) is 32.6 Å². The Morgan fingerprint density at radius 1 is 0.907 bits per heavy atom. The van der Waals surface area contributed by atoms with E-state index in [0.29, 0.717) is 31.0 Å². The third kappa shape index (κ3) is 10.7. The van der Waals surface area contributed by atoms with E-state index in [1.54, 1.807) is 29.2 Å². The number of nitrogens with zero attached hydrogens (tertiary/aromatic N) is 2. The van der Waals surface area contributed by atoms with Gasteiger partial charge >= 0.3 is 0 Å². The number of halogens is 1. The van der Waals surface area contributed by atoms with Gasteiger partial charge in [-0.2, -0.15) is 0 Å². The molecule has 0 radical (unpaired) electrons. The van der Waals surface area contributed by atoms with Crippen LogP contribution in [0.5, 0.6) is 5.75 Å². The fourth-order valence-corrected chi connectivity index (χ4v) is 6.00. The summed E-state index contributed by atoms with van der Waals surface area (Å²) >= 11 is 3.46. The maximum absolute atomic E-state index is 14.0. The van der Waals surface area contributed by atoms with Gasteiger partial charge in [-0.3, -0.25) is 13.9 Å². The molecule has 0 bridgehead atoms. The summed E-state index contributed by atoms with van der Waals surface area (Å²) in [6.07, 6.45) is 3.61. The van der Waals surface area contributed by atoms with Crippen LogP contribution in [0, 0.1) is 0 Å². The Hall–Kier alpha value is -3.37. The summed E-state index contributed by atoms with van der Waals surface area (Å²) in [6, 6.07) is 23.6. The number of unbranched alkanes of at least 4 members (excludes halogenated alkanes) is 1. The molecular formula is C33H42BrN3O5S. The van der Waals surface area contributed by atoms with E-state index in [-0.39, 0.29) is 37.7 Å². The van der Waals surface area contributed by atoms with Gasteiger partial charge in [-0.25, -0.2) is 8.42 Å². The van der Waals surface area contributed by atoms with Gasteiger partial charge in [0.15, 0.2) is 0 Å². The number of sulfonamides is 1. The number of carbonyl (C=O) groups excluding carboxylic acids is 2. The van der Waals surface area contributed by atoms with Crippen LogP contribution in [-0.4, -0.2) is 57.1 Å². The summed E-state index contributed by atoms with van der Waals surface area (Å²) in [5, 5.41) is 3.03. The molecule has 3 aromatic rings. The van der Waals surface area contributed by atoms with Gasteiger partial charge in [-0.05, 0) is 55.2 Å². The van der Waals surface area contributed by atoms with Gasteiger partial charge in [0.05, 0.1) is 18.6 Å². The smallest absolute Gasteiger partial charge is 0.243 e. The van der Waals surface area contributed by atoms with Crippen LogP contribution in [0.3, 0.4) is 0 Å². The van der Waals surface area contributed by atoms with Crippen molar-refractivity contribution in [2.75, 3.05) is 30.3 Å². The lowest BCUT2D eigenvalue weighted by Crippen LogP contribution is -2.50. The van der Waals surface area contributed by atoms with Crippen LogP contribution in [0.2, 0.25) is 0 Å². The highest BCUT2D eigenvalue weighted by Crippen LogP contribution is 2.30. The average Bonchev–Trinajstić information content (AvgIpc) is 2.98. The topological polar surface area (TPSA) is 96.0 Å². The molecule has 0 spiro atoms. The number of ether oxygens (including phenoxy) is 1. The predicted molar refractivity (Wildman–Crippen MR) is 176 cm³/mol. The van der Waals surface area contributed by atoms with E-state index in [9.17, 15) is 18.0 Å². The standard InChI is InChI=1S/C33H42BrN3O5S/c1-4-6-22-35-33(39)30(24-26-13-8-7-9-14-26)36(25-27-18-20-28(34)21-19-27)32(38)17-12-23-37(43(3,40)41)29-15-10-11-16-31(29)42-5-2/h7-11,13-16,18-21,30H,4-6,12,17,22-25H2,1-3H3,(H,35,39)/t30-/m1/s1. The number of carbonyl (C=O) groups is 2. The van der Waals surface area contributed by atoms with Crippen LogP contribution >= 0.6 is 15.9 Å². The van der Waals surface area contributed by atoms with Crippen molar-refractivity contribution in [3.8, 4) is 5.75 Å². The van der Waals surface area contributed by atoms with E-state index in [1.165, 1.54) is 4.31 Å². The molecule has 0 heterocycles. The second-order valence-corrected chi connectivity index (χ2v) is 13.2. The first kappa shape index (κ1) is 34.1. The maximum Gasteiger partial charge on any atom is 0.243 e. The minimum Gasteiger partial charge on any atom is -0.492 e. The van der Waals surface area contributed by atoms with Crippen molar-refractivity contribution in [1.29, 1.82) is 0 Å². The number of anilines is 1. The Kier molecular flexibility index (Phi) is 13.5. The van der Waals surface area contributed by atoms with Crippen molar-refractivity contribution in [1.82, 2.24) is 10.2 Å². The molecule has 1 atom stereocenters. The van der Waals surface area contributed by atoms with Crippen LogP contribution in [0.15, 0.2) is 83.3 Å². The third-order valence-electron chi connectivity index (χ3n) is 6.95. The zero-order chi connectivity index (χ0) is 31.2. The predicted octanol–water partition coefficient (Wildman–Crippen LogP) is 5.95. The molecule has 1 N–H and O–H groups in total. The molecule has 0 saturated carbocycles. The Morgan fingerprint density at radius 2 is 1.58 bits per heavy atom. The molecule has 0 aliphatic carbocycles. The quantitative estimate of drug-likeness (QED) is 0.179. The number of hydrogen-bond acceptors (Lipinski definition) is 5. The van der Waals surface area contributed by atoms with Crippen molar-refractivity contribution in [2.45, 2.75) is 58.5 Å². The minimum atomic E-state index is -3.65. The van der Waals surface area contributed by atoms with Crippen LogP contribution in [0.1, 0.15) is 50.7 Å². The third-order valence-corrected chi connectivity index (χ3v) is 8.66. The molecule has 0 aliphatic rings. The number of amides is 2. The van der Waals surface area contributed by atoms with Crippen molar-refractivity contribution in [3.05, 3.63) is 94.5 Å². The Bertz CT molecular complexity index is 1420.